The Bertz CT molecular complexity index is 1450. The molecule has 4 nitrogen and oxygen atoms in total. The van der Waals surface area contributed by atoms with E-state index in [0.29, 0.717) is 11.1 Å². The molecule has 0 bridgehead atoms. The number of para-hydroxylation sites is 3. The summed E-state index contributed by atoms with van der Waals surface area (Å²) >= 11 is 1.41. The number of hydrogen-bond acceptors (Lipinski definition) is 3. The van der Waals surface area contributed by atoms with Crippen LogP contribution in [0.2, 0.25) is 0 Å². The van der Waals surface area contributed by atoms with Crippen molar-refractivity contribution >= 4 is 44.3 Å². The second-order valence-electron chi connectivity index (χ2n) is 6.07. The maximum absolute atomic E-state index is 12.9. The quantitative estimate of drug-likeness (QED) is 0.457. The zero-order valence-corrected chi connectivity index (χ0v) is 14.5. The van der Waals surface area contributed by atoms with Crippen LogP contribution in [0.15, 0.2) is 59.5 Å². The number of hydrogen-bond donors (Lipinski definition) is 0. The van der Waals surface area contributed by atoms with Crippen molar-refractivity contribution in [2.75, 3.05) is 0 Å². The summed E-state index contributed by atoms with van der Waals surface area (Å²) in [7, 11) is 0. The highest BCUT2D eigenvalue weighted by Gasteiger charge is 2.12. The molecule has 26 heavy (non-hydrogen) atoms. The van der Waals surface area contributed by atoms with Crippen molar-refractivity contribution in [3.8, 4) is 12.3 Å². The Morgan fingerprint density at radius 1 is 1.12 bits per heavy atom. The molecule has 5 heteroatoms. The molecule has 0 N–H and O–H groups in total. The second kappa shape index (κ2) is 5.58. The van der Waals surface area contributed by atoms with Gasteiger partial charge in [-0.05, 0) is 24.3 Å². The van der Waals surface area contributed by atoms with Crippen LogP contribution in [-0.2, 0) is 6.54 Å². The fraction of sp³-hybridized carbons (Fsp3) is 0.0476. The van der Waals surface area contributed by atoms with Crippen molar-refractivity contribution in [2.45, 2.75) is 6.54 Å². The van der Waals surface area contributed by atoms with Gasteiger partial charge < -0.3 is 4.57 Å². The molecule has 3 aromatic heterocycles. The van der Waals surface area contributed by atoms with Crippen LogP contribution in [0.25, 0.3) is 33.0 Å². The zero-order valence-electron chi connectivity index (χ0n) is 13.7. The highest BCUT2D eigenvalue weighted by molar-refractivity contribution is 7.15. The normalized spacial score (nSPS) is 12.3. The summed E-state index contributed by atoms with van der Waals surface area (Å²) in [6.45, 7) is 0.497. The van der Waals surface area contributed by atoms with E-state index in [0.717, 1.165) is 32.5 Å². The molecule has 5 rings (SSSR count). The highest BCUT2D eigenvalue weighted by atomic mass is 32.1. The second-order valence-corrected chi connectivity index (χ2v) is 7.08. The Morgan fingerprint density at radius 3 is 2.73 bits per heavy atom. The Hall–Kier alpha value is -3.36. The maximum atomic E-state index is 12.9. The van der Waals surface area contributed by atoms with Crippen LogP contribution in [0, 0.1) is 12.3 Å². The van der Waals surface area contributed by atoms with E-state index in [2.05, 4.69) is 10.9 Å². The molecule has 2 aromatic carbocycles. The maximum Gasteiger partial charge on any atom is 0.274 e. The smallest absolute Gasteiger partial charge is 0.274 e. The number of thiazole rings is 1. The molecule has 0 aliphatic heterocycles. The minimum absolute atomic E-state index is 0.0347. The van der Waals surface area contributed by atoms with Crippen LogP contribution in [0.4, 0.5) is 0 Å². The molecule has 0 aliphatic carbocycles. The first-order valence-corrected chi connectivity index (χ1v) is 9.01. The number of imidazole rings is 1. The van der Waals surface area contributed by atoms with Crippen LogP contribution in [0.3, 0.4) is 0 Å². The molecule has 0 fully saturated rings. The van der Waals surface area contributed by atoms with Crippen molar-refractivity contribution in [3.63, 3.8) is 0 Å². The van der Waals surface area contributed by atoms with Gasteiger partial charge in [0.25, 0.3) is 5.56 Å². The summed E-state index contributed by atoms with van der Waals surface area (Å²) in [5.74, 6) is 2.68. The lowest BCUT2D eigenvalue weighted by Gasteiger charge is -1.97. The van der Waals surface area contributed by atoms with Gasteiger partial charge in [0.2, 0.25) is 0 Å². The molecule has 3 heterocycles. The highest BCUT2D eigenvalue weighted by Crippen LogP contribution is 2.22. The molecular formula is C21H13N3OS. The fourth-order valence-electron chi connectivity index (χ4n) is 3.37. The van der Waals surface area contributed by atoms with E-state index < -0.39 is 0 Å². The van der Waals surface area contributed by atoms with Crippen LogP contribution >= 0.6 is 11.3 Å². The SMILES string of the molecule is C#CCn1cc(/C=c2/sc3nc4ccccc4n3c2=O)c2ccccc21. The third-order valence-electron chi connectivity index (χ3n) is 4.51. The molecular weight excluding hydrogens is 342 g/mol. The van der Waals surface area contributed by atoms with Gasteiger partial charge in [-0.15, -0.1) is 6.42 Å². The number of fused-ring (bicyclic) bond motifs is 4. The van der Waals surface area contributed by atoms with Gasteiger partial charge in [0.15, 0.2) is 4.96 Å². The predicted molar refractivity (Wildman–Crippen MR) is 106 cm³/mol. The fourth-order valence-corrected chi connectivity index (χ4v) is 4.35. The van der Waals surface area contributed by atoms with Crippen LogP contribution in [0.5, 0.6) is 0 Å². The van der Waals surface area contributed by atoms with E-state index in [1.165, 1.54) is 11.3 Å². The molecule has 0 radical (unpaired) electrons. The Kier molecular flexibility index (Phi) is 3.21. The summed E-state index contributed by atoms with van der Waals surface area (Å²) in [6.07, 6.45) is 9.43. The van der Waals surface area contributed by atoms with E-state index in [1.54, 1.807) is 4.40 Å². The van der Waals surface area contributed by atoms with E-state index in [9.17, 15) is 4.79 Å². The largest absolute Gasteiger partial charge is 0.335 e. The van der Waals surface area contributed by atoms with E-state index >= 15 is 0 Å². The summed E-state index contributed by atoms with van der Waals surface area (Å²) < 4.78 is 4.38. The molecule has 0 atom stereocenters. The van der Waals surface area contributed by atoms with Gasteiger partial charge in [-0.3, -0.25) is 4.79 Å². The standard InChI is InChI=1S/C21H13N3OS/c1-2-11-23-13-14(15-7-3-5-9-17(15)23)12-19-20(25)24-18-10-6-4-8-16(18)22-21(24)26-19/h1,3-10,12-13H,11H2/b19-12+. The van der Waals surface area contributed by atoms with Crippen molar-refractivity contribution in [2.24, 2.45) is 0 Å². The Labute approximate surface area is 152 Å². The first kappa shape index (κ1) is 14.9. The predicted octanol–water partition coefficient (Wildman–Crippen LogP) is 3.04. The average Bonchev–Trinajstić information content (AvgIpc) is 3.28. The van der Waals surface area contributed by atoms with Crippen LogP contribution < -0.4 is 10.1 Å². The van der Waals surface area contributed by atoms with Crippen LogP contribution in [-0.4, -0.2) is 14.0 Å². The minimum Gasteiger partial charge on any atom is -0.335 e. The lowest BCUT2D eigenvalue weighted by Crippen LogP contribution is -2.22. The van der Waals surface area contributed by atoms with E-state index in [-0.39, 0.29) is 5.56 Å². The van der Waals surface area contributed by atoms with E-state index in [4.69, 9.17) is 6.42 Å². The number of rotatable bonds is 2. The topological polar surface area (TPSA) is 39.3 Å². The van der Waals surface area contributed by atoms with Gasteiger partial charge in [-0.25, -0.2) is 9.38 Å². The molecule has 5 aromatic rings. The first-order valence-electron chi connectivity index (χ1n) is 8.19. The average molecular weight is 355 g/mol. The third kappa shape index (κ3) is 2.10. The van der Waals surface area contributed by atoms with Gasteiger partial charge in [0.05, 0.1) is 22.1 Å². The van der Waals surface area contributed by atoms with Gasteiger partial charge in [0, 0.05) is 22.7 Å². The van der Waals surface area contributed by atoms with Crippen molar-refractivity contribution < 1.29 is 0 Å². The minimum atomic E-state index is -0.0347. The van der Waals surface area contributed by atoms with Gasteiger partial charge in [-0.2, -0.15) is 0 Å². The summed E-state index contributed by atoms with van der Waals surface area (Å²) in [6, 6.07) is 15.8. The molecule has 0 aliphatic rings. The summed E-state index contributed by atoms with van der Waals surface area (Å²) in [5.41, 5.74) is 3.70. The lowest BCUT2D eigenvalue weighted by atomic mass is 10.2. The lowest BCUT2D eigenvalue weighted by molar-refractivity contribution is 0.885. The van der Waals surface area contributed by atoms with E-state index in [1.807, 2.05) is 65.4 Å². The summed E-state index contributed by atoms with van der Waals surface area (Å²) in [4.78, 5) is 18.2. The molecule has 124 valence electrons. The third-order valence-corrected chi connectivity index (χ3v) is 5.48. The Balaban J connectivity index is 1.80. The van der Waals surface area contributed by atoms with Crippen molar-refractivity contribution in [1.29, 1.82) is 0 Å². The number of nitrogens with zero attached hydrogens (tertiary/aromatic N) is 3. The molecule has 0 spiro atoms. The molecule has 0 saturated heterocycles. The van der Waals surface area contributed by atoms with Gasteiger partial charge >= 0.3 is 0 Å². The number of aromatic nitrogens is 3. The van der Waals surface area contributed by atoms with Crippen molar-refractivity contribution in [1.82, 2.24) is 14.0 Å². The monoisotopic (exact) mass is 355 g/mol. The number of terminal acetylenes is 1. The Morgan fingerprint density at radius 2 is 1.88 bits per heavy atom. The van der Waals surface area contributed by atoms with Crippen LogP contribution in [0.1, 0.15) is 5.56 Å². The molecule has 0 amide bonds. The molecule has 0 saturated carbocycles. The first-order chi connectivity index (χ1) is 12.8. The number of benzene rings is 2. The van der Waals surface area contributed by atoms with Crippen molar-refractivity contribution in [3.05, 3.63) is 75.2 Å². The molecule has 0 unspecified atom stereocenters. The van der Waals surface area contributed by atoms with Gasteiger partial charge in [-0.1, -0.05) is 47.6 Å². The summed E-state index contributed by atoms with van der Waals surface area (Å²) in [5, 5.41) is 1.08. The zero-order chi connectivity index (χ0) is 17.7. The van der Waals surface area contributed by atoms with Gasteiger partial charge in [0.1, 0.15) is 0 Å².